The van der Waals surface area contributed by atoms with E-state index < -0.39 is 0 Å². The van der Waals surface area contributed by atoms with Gasteiger partial charge in [-0.25, -0.2) is 0 Å². The van der Waals surface area contributed by atoms with Gasteiger partial charge in [0.1, 0.15) is 6.61 Å². The van der Waals surface area contributed by atoms with E-state index in [9.17, 15) is 4.79 Å². The van der Waals surface area contributed by atoms with Gasteiger partial charge in [0.2, 0.25) is 5.91 Å². The number of hydrogen-bond donors (Lipinski definition) is 0. The average molecular weight is 471 g/mol. The zero-order valence-electron chi connectivity index (χ0n) is 19.4. The van der Waals surface area contributed by atoms with Crippen molar-refractivity contribution < 1.29 is 14.3 Å². The van der Waals surface area contributed by atoms with Crippen molar-refractivity contribution in [2.24, 2.45) is 7.05 Å². The molecule has 2 heterocycles. The Morgan fingerprint density at radius 1 is 1.00 bits per heavy atom. The van der Waals surface area contributed by atoms with E-state index in [2.05, 4.69) is 15.1 Å². The fourth-order valence-electron chi connectivity index (χ4n) is 5.50. The van der Waals surface area contributed by atoms with Crippen molar-refractivity contribution in [1.82, 2.24) is 19.7 Å². The number of carbonyl (C=O) groups is 1. The Hall–Kier alpha value is -2.22. The first-order valence-electron chi connectivity index (χ1n) is 12.4. The normalized spacial score (nSPS) is 21.7. The summed E-state index contributed by atoms with van der Waals surface area (Å²) in [6.45, 7) is 0.393. The van der Waals surface area contributed by atoms with Crippen LogP contribution < -0.4 is 9.47 Å². The summed E-state index contributed by atoms with van der Waals surface area (Å²) in [7, 11) is 1.94. The maximum absolute atomic E-state index is 13.5. The Kier molecular flexibility index (Phi) is 7.09. The molecule has 178 valence electrons. The van der Waals surface area contributed by atoms with E-state index in [-0.39, 0.29) is 12.0 Å². The second-order valence-electron chi connectivity index (χ2n) is 9.44. The van der Waals surface area contributed by atoms with Gasteiger partial charge in [-0.05, 0) is 37.8 Å². The highest BCUT2D eigenvalue weighted by Crippen LogP contribution is 2.36. The van der Waals surface area contributed by atoms with Crippen LogP contribution in [0.15, 0.2) is 29.4 Å². The number of fused-ring (bicyclic) bond motifs is 1. The summed E-state index contributed by atoms with van der Waals surface area (Å²) in [6.07, 6.45) is 11.9. The van der Waals surface area contributed by atoms with Gasteiger partial charge < -0.3 is 18.9 Å². The largest absolute Gasteiger partial charge is 0.485 e. The highest BCUT2D eigenvalue weighted by atomic mass is 32.2. The summed E-state index contributed by atoms with van der Waals surface area (Å²) in [5.74, 6) is 2.85. The van der Waals surface area contributed by atoms with E-state index in [0.717, 1.165) is 48.2 Å². The van der Waals surface area contributed by atoms with Crippen molar-refractivity contribution in [3.05, 3.63) is 30.1 Å². The molecule has 33 heavy (non-hydrogen) atoms. The lowest BCUT2D eigenvalue weighted by molar-refractivity contribution is -0.135. The van der Waals surface area contributed by atoms with Gasteiger partial charge in [-0.2, -0.15) is 0 Å². The van der Waals surface area contributed by atoms with Crippen LogP contribution in [0.2, 0.25) is 0 Å². The predicted molar refractivity (Wildman–Crippen MR) is 128 cm³/mol. The van der Waals surface area contributed by atoms with Crippen LogP contribution in [-0.4, -0.2) is 50.0 Å². The minimum atomic E-state index is -0.316. The summed E-state index contributed by atoms with van der Waals surface area (Å²) >= 11 is 1.48. The topological polar surface area (TPSA) is 69.5 Å². The summed E-state index contributed by atoms with van der Waals surface area (Å²) in [4.78, 5) is 15.8. The molecule has 1 aromatic carbocycles. The quantitative estimate of drug-likeness (QED) is 0.559. The number of hydrogen-bond acceptors (Lipinski definition) is 6. The van der Waals surface area contributed by atoms with Gasteiger partial charge in [-0.15, -0.1) is 10.2 Å². The summed E-state index contributed by atoms with van der Waals surface area (Å²) in [5, 5.41) is 9.49. The fraction of sp³-hybridized carbons (Fsp3) is 0.640. The van der Waals surface area contributed by atoms with Crippen molar-refractivity contribution in [1.29, 1.82) is 0 Å². The summed E-state index contributed by atoms with van der Waals surface area (Å²) < 4.78 is 13.9. The molecule has 0 N–H and O–H groups in total. The molecule has 1 aromatic heterocycles. The molecule has 8 heteroatoms. The first kappa shape index (κ1) is 22.6. The highest BCUT2D eigenvalue weighted by molar-refractivity contribution is 7.99. The van der Waals surface area contributed by atoms with Crippen LogP contribution >= 0.6 is 11.8 Å². The van der Waals surface area contributed by atoms with Gasteiger partial charge in [-0.1, -0.05) is 62.4 Å². The SMILES string of the molecule is Cn1c(SCC(=O)N(C2CCCCC2)C2CCCCC2)nnc1C1COc2ccccc2O1. The van der Waals surface area contributed by atoms with Crippen LogP contribution in [0.5, 0.6) is 11.5 Å². The first-order valence-corrected chi connectivity index (χ1v) is 13.4. The zero-order valence-corrected chi connectivity index (χ0v) is 20.3. The molecule has 5 rings (SSSR count). The zero-order chi connectivity index (χ0) is 22.6. The van der Waals surface area contributed by atoms with E-state index in [1.165, 1.54) is 50.3 Å². The molecule has 2 fully saturated rings. The maximum Gasteiger partial charge on any atom is 0.233 e. The first-order chi connectivity index (χ1) is 16.2. The Morgan fingerprint density at radius 2 is 1.64 bits per heavy atom. The molecule has 1 aliphatic heterocycles. The molecule has 0 saturated heterocycles. The molecular formula is C25H34N4O3S. The molecule has 2 aliphatic carbocycles. The van der Waals surface area contributed by atoms with Crippen molar-refractivity contribution in [2.75, 3.05) is 12.4 Å². The minimum absolute atomic E-state index is 0.259. The van der Waals surface area contributed by atoms with Gasteiger partial charge in [0, 0.05) is 19.1 Å². The molecule has 0 spiro atoms. The Bertz CT molecular complexity index is 935. The number of aromatic nitrogens is 3. The van der Waals surface area contributed by atoms with Gasteiger partial charge in [0.25, 0.3) is 0 Å². The third kappa shape index (κ3) is 5.00. The third-order valence-corrected chi connectivity index (χ3v) is 8.22. The lowest BCUT2D eigenvalue weighted by Crippen LogP contribution is -2.49. The molecule has 1 amide bonds. The molecule has 0 bridgehead atoms. The van der Waals surface area contributed by atoms with Crippen LogP contribution in [0.1, 0.15) is 76.1 Å². The molecule has 7 nitrogen and oxygen atoms in total. The third-order valence-electron chi connectivity index (χ3n) is 7.21. The van der Waals surface area contributed by atoms with E-state index in [1.807, 2.05) is 35.9 Å². The smallest absolute Gasteiger partial charge is 0.233 e. The lowest BCUT2D eigenvalue weighted by atomic mass is 9.88. The molecule has 3 aliphatic rings. The van der Waals surface area contributed by atoms with Gasteiger partial charge in [0.15, 0.2) is 28.6 Å². The van der Waals surface area contributed by atoms with Crippen LogP contribution in [0.4, 0.5) is 0 Å². The van der Waals surface area contributed by atoms with Crippen LogP contribution in [0, 0.1) is 0 Å². The molecule has 0 radical (unpaired) electrons. The molecule has 2 saturated carbocycles. The number of amides is 1. The Labute approximate surface area is 200 Å². The summed E-state index contributed by atoms with van der Waals surface area (Å²) in [6, 6.07) is 8.49. The minimum Gasteiger partial charge on any atom is -0.485 e. The Morgan fingerprint density at radius 3 is 2.30 bits per heavy atom. The Balaban J connectivity index is 1.25. The number of benzene rings is 1. The van der Waals surface area contributed by atoms with Crippen LogP contribution in [0.25, 0.3) is 0 Å². The van der Waals surface area contributed by atoms with Gasteiger partial charge >= 0.3 is 0 Å². The van der Waals surface area contributed by atoms with E-state index in [1.54, 1.807) is 0 Å². The number of ether oxygens (including phenoxy) is 2. The number of para-hydroxylation sites is 2. The number of thioether (sulfide) groups is 1. The van der Waals surface area contributed by atoms with Crippen molar-refractivity contribution in [3.8, 4) is 11.5 Å². The second kappa shape index (κ2) is 10.4. The van der Waals surface area contributed by atoms with Gasteiger partial charge in [0.05, 0.1) is 5.75 Å². The van der Waals surface area contributed by atoms with Crippen molar-refractivity contribution in [3.63, 3.8) is 0 Å². The average Bonchev–Trinajstić information content (AvgIpc) is 3.24. The fourth-order valence-corrected chi connectivity index (χ4v) is 6.29. The van der Waals surface area contributed by atoms with Crippen molar-refractivity contribution >= 4 is 17.7 Å². The van der Waals surface area contributed by atoms with Crippen LogP contribution in [-0.2, 0) is 11.8 Å². The molecular weight excluding hydrogens is 436 g/mol. The number of carbonyl (C=O) groups excluding carboxylic acids is 1. The number of nitrogens with zero attached hydrogens (tertiary/aromatic N) is 4. The molecule has 1 unspecified atom stereocenters. The van der Waals surface area contributed by atoms with Gasteiger partial charge in [-0.3, -0.25) is 4.79 Å². The standard InChI is InChI=1S/C25H34N4O3S/c1-28-24(22-16-31-20-14-8-9-15-21(20)32-22)26-27-25(28)33-17-23(30)29(18-10-4-2-5-11-18)19-12-6-3-7-13-19/h8-9,14-15,18-19,22H,2-7,10-13,16-17H2,1H3. The monoisotopic (exact) mass is 470 g/mol. The van der Waals surface area contributed by atoms with Crippen LogP contribution in [0.3, 0.4) is 0 Å². The summed E-state index contributed by atoms with van der Waals surface area (Å²) in [5.41, 5.74) is 0. The van der Waals surface area contributed by atoms with E-state index >= 15 is 0 Å². The highest BCUT2D eigenvalue weighted by Gasteiger charge is 2.33. The second-order valence-corrected chi connectivity index (χ2v) is 10.4. The van der Waals surface area contributed by atoms with E-state index in [4.69, 9.17) is 9.47 Å². The molecule has 2 aromatic rings. The van der Waals surface area contributed by atoms with E-state index in [0.29, 0.717) is 24.4 Å². The lowest BCUT2D eigenvalue weighted by Gasteiger charge is -2.41. The molecule has 1 atom stereocenters. The number of rotatable bonds is 6. The maximum atomic E-state index is 13.5. The van der Waals surface area contributed by atoms with Crippen molar-refractivity contribution in [2.45, 2.75) is 87.6 Å². The predicted octanol–water partition coefficient (Wildman–Crippen LogP) is 4.91.